The minimum Gasteiger partial charge on any atom is -0.508 e. The molecule has 3 heterocycles. The Hall–Kier alpha value is -3.49. The normalized spacial score (nSPS) is 16.6. The number of aromatic amines is 1. The predicted octanol–water partition coefficient (Wildman–Crippen LogP) is 3.42. The fourth-order valence-electron chi connectivity index (χ4n) is 4.47. The van der Waals surface area contributed by atoms with Crippen LogP contribution in [0.4, 0.5) is 11.5 Å². The maximum absolute atomic E-state index is 13.3. The van der Waals surface area contributed by atoms with Crippen molar-refractivity contribution >= 4 is 17.4 Å². The highest BCUT2D eigenvalue weighted by atomic mass is 16.3. The molecule has 2 aliphatic rings. The average Bonchev–Trinajstić information content (AvgIpc) is 3.44. The maximum Gasteiger partial charge on any atom is 0.260 e. The number of fused-ring (bicyclic) bond motifs is 1. The fraction of sp³-hybridized carbons (Fsp3) is 0.381. The summed E-state index contributed by atoms with van der Waals surface area (Å²) < 4.78 is 1.95. The zero-order valence-corrected chi connectivity index (χ0v) is 16.5. The number of carbonyl (C=O) groups is 1. The summed E-state index contributed by atoms with van der Waals surface area (Å²) in [7, 11) is 0. The van der Waals surface area contributed by atoms with Crippen molar-refractivity contribution in [2.75, 3.05) is 5.32 Å². The summed E-state index contributed by atoms with van der Waals surface area (Å²) in [5.41, 5.74) is 2.34. The summed E-state index contributed by atoms with van der Waals surface area (Å²) in [6.07, 6.45) is 9.14. The van der Waals surface area contributed by atoms with Gasteiger partial charge in [0.15, 0.2) is 0 Å². The third-order valence-corrected chi connectivity index (χ3v) is 5.97. The van der Waals surface area contributed by atoms with Crippen LogP contribution in [0.25, 0.3) is 0 Å². The fourth-order valence-corrected chi connectivity index (χ4v) is 4.47. The van der Waals surface area contributed by atoms with Gasteiger partial charge < -0.3 is 20.4 Å². The second-order valence-corrected chi connectivity index (χ2v) is 8.00. The van der Waals surface area contributed by atoms with Gasteiger partial charge in [0.2, 0.25) is 0 Å². The van der Waals surface area contributed by atoms with Gasteiger partial charge in [0.05, 0.1) is 36.4 Å². The van der Waals surface area contributed by atoms with Crippen molar-refractivity contribution in [3.63, 3.8) is 0 Å². The number of phenols is 2. The van der Waals surface area contributed by atoms with Gasteiger partial charge >= 0.3 is 0 Å². The van der Waals surface area contributed by atoms with E-state index >= 15 is 0 Å². The van der Waals surface area contributed by atoms with Crippen LogP contribution in [0.5, 0.6) is 11.5 Å². The van der Waals surface area contributed by atoms with Crippen LogP contribution in [0, 0.1) is 0 Å². The Morgan fingerprint density at radius 3 is 2.80 bits per heavy atom. The number of H-pyrrole nitrogens is 1. The third-order valence-electron chi connectivity index (χ3n) is 5.97. The molecular weight excluding hydrogens is 384 g/mol. The number of aromatic hydroxyl groups is 2. The van der Waals surface area contributed by atoms with Gasteiger partial charge in [-0.3, -0.25) is 9.89 Å². The number of nitrogens with zero attached hydrogens (tertiary/aromatic N) is 4. The predicted molar refractivity (Wildman–Crippen MR) is 110 cm³/mol. The van der Waals surface area contributed by atoms with Gasteiger partial charge in [-0.05, 0) is 12.8 Å². The lowest BCUT2D eigenvalue weighted by Crippen LogP contribution is -2.26. The molecule has 156 valence electrons. The standard InChI is InChI=1S/C21H24N6O3/c28-15-8-16(24-19-6-7-23-27(19)14-4-2-1-3-5-14)20(18(29)9-15)21(30)26-11-13-10-22-25-17(13)12-26/h6-10,14,24,28-29H,1-5,11-12H2,(H,22,25). The Balaban J connectivity index is 1.46. The molecule has 0 spiro atoms. The largest absolute Gasteiger partial charge is 0.508 e. The summed E-state index contributed by atoms with van der Waals surface area (Å²) in [6.45, 7) is 0.818. The number of rotatable bonds is 4. The van der Waals surface area contributed by atoms with Gasteiger partial charge in [-0.2, -0.15) is 10.2 Å². The number of carbonyl (C=O) groups excluding carboxylic acids is 1. The van der Waals surface area contributed by atoms with E-state index in [1.54, 1.807) is 17.3 Å². The number of aromatic nitrogens is 4. The second-order valence-electron chi connectivity index (χ2n) is 8.00. The molecule has 1 aliphatic heterocycles. The first-order valence-electron chi connectivity index (χ1n) is 10.3. The smallest absolute Gasteiger partial charge is 0.260 e. The number of amides is 1. The van der Waals surface area contributed by atoms with Crippen molar-refractivity contribution in [1.29, 1.82) is 0 Å². The molecule has 1 aliphatic carbocycles. The molecule has 1 saturated carbocycles. The van der Waals surface area contributed by atoms with Crippen molar-refractivity contribution in [3.05, 3.63) is 47.4 Å². The zero-order valence-electron chi connectivity index (χ0n) is 16.5. The Bertz CT molecular complexity index is 1060. The van der Waals surface area contributed by atoms with E-state index in [4.69, 9.17) is 0 Å². The van der Waals surface area contributed by atoms with Crippen LogP contribution in [0.2, 0.25) is 0 Å². The Labute approximate surface area is 173 Å². The highest BCUT2D eigenvalue weighted by molar-refractivity contribution is 6.03. The molecule has 5 rings (SSSR count). The average molecular weight is 408 g/mol. The van der Waals surface area contributed by atoms with E-state index in [1.165, 1.54) is 31.4 Å². The molecule has 1 fully saturated rings. The Morgan fingerprint density at radius 2 is 2.00 bits per heavy atom. The van der Waals surface area contributed by atoms with Gasteiger partial charge in [0.25, 0.3) is 5.91 Å². The van der Waals surface area contributed by atoms with E-state index in [0.29, 0.717) is 24.8 Å². The molecule has 2 aromatic heterocycles. The number of nitrogens with one attached hydrogen (secondary N) is 2. The molecule has 0 bridgehead atoms. The molecule has 30 heavy (non-hydrogen) atoms. The summed E-state index contributed by atoms with van der Waals surface area (Å²) in [5.74, 6) is 0.0335. The summed E-state index contributed by atoms with van der Waals surface area (Å²) in [5, 5.41) is 35.2. The van der Waals surface area contributed by atoms with E-state index in [2.05, 4.69) is 20.6 Å². The van der Waals surface area contributed by atoms with Crippen molar-refractivity contribution in [2.24, 2.45) is 0 Å². The van der Waals surface area contributed by atoms with E-state index in [9.17, 15) is 15.0 Å². The molecule has 3 aromatic rings. The van der Waals surface area contributed by atoms with Crippen LogP contribution in [-0.2, 0) is 13.1 Å². The molecule has 0 saturated heterocycles. The van der Waals surface area contributed by atoms with E-state index < -0.39 is 0 Å². The van der Waals surface area contributed by atoms with Crippen LogP contribution in [0.15, 0.2) is 30.6 Å². The van der Waals surface area contributed by atoms with Crippen LogP contribution >= 0.6 is 0 Å². The van der Waals surface area contributed by atoms with Crippen molar-refractivity contribution < 1.29 is 15.0 Å². The second kappa shape index (κ2) is 7.40. The highest BCUT2D eigenvalue weighted by Gasteiger charge is 2.30. The first kappa shape index (κ1) is 18.5. The van der Waals surface area contributed by atoms with Crippen LogP contribution in [0.1, 0.15) is 59.8 Å². The van der Waals surface area contributed by atoms with E-state index in [-0.39, 0.29) is 23.0 Å². The lowest BCUT2D eigenvalue weighted by molar-refractivity contribution is 0.0747. The van der Waals surface area contributed by atoms with Gasteiger partial charge in [0.1, 0.15) is 22.9 Å². The third kappa shape index (κ3) is 3.26. The lowest BCUT2D eigenvalue weighted by atomic mass is 9.96. The molecule has 0 atom stereocenters. The summed E-state index contributed by atoms with van der Waals surface area (Å²) in [4.78, 5) is 14.9. The number of benzene rings is 1. The van der Waals surface area contributed by atoms with Crippen molar-refractivity contribution in [1.82, 2.24) is 24.9 Å². The molecule has 1 amide bonds. The maximum atomic E-state index is 13.3. The number of anilines is 2. The number of hydrogen-bond donors (Lipinski definition) is 4. The molecular formula is C21H24N6O3. The Morgan fingerprint density at radius 1 is 1.17 bits per heavy atom. The topological polar surface area (TPSA) is 119 Å². The monoisotopic (exact) mass is 408 g/mol. The van der Waals surface area contributed by atoms with Crippen LogP contribution in [0.3, 0.4) is 0 Å². The van der Waals surface area contributed by atoms with Gasteiger partial charge in [-0.15, -0.1) is 0 Å². The van der Waals surface area contributed by atoms with Crippen LogP contribution in [-0.4, -0.2) is 41.0 Å². The lowest BCUT2D eigenvalue weighted by Gasteiger charge is -2.25. The molecule has 9 heteroatoms. The van der Waals surface area contributed by atoms with Gasteiger partial charge in [-0.25, -0.2) is 4.68 Å². The minimum atomic E-state index is -0.316. The SMILES string of the molecule is O=C(c1c(O)cc(O)cc1Nc1ccnn1C1CCCCC1)N1Cc2cn[nH]c2C1. The first-order chi connectivity index (χ1) is 14.6. The van der Waals surface area contributed by atoms with Crippen LogP contribution < -0.4 is 5.32 Å². The van der Waals surface area contributed by atoms with E-state index in [1.807, 2.05) is 10.7 Å². The summed E-state index contributed by atoms with van der Waals surface area (Å²) in [6, 6.07) is 4.80. The molecule has 4 N–H and O–H groups in total. The molecule has 0 radical (unpaired) electrons. The summed E-state index contributed by atoms with van der Waals surface area (Å²) >= 11 is 0. The number of hydrogen-bond acceptors (Lipinski definition) is 6. The zero-order chi connectivity index (χ0) is 20.7. The van der Waals surface area contributed by atoms with E-state index in [0.717, 1.165) is 29.9 Å². The Kier molecular flexibility index (Phi) is 4.57. The number of phenolic OH excluding ortho intramolecular Hbond substituents is 2. The molecule has 9 nitrogen and oxygen atoms in total. The van der Waals surface area contributed by atoms with Crippen molar-refractivity contribution in [2.45, 2.75) is 51.2 Å². The van der Waals surface area contributed by atoms with Gasteiger partial charge in [-0.1, -0.05) is 19.3 Å². The van der Waals surface area contributed by atoms with Crippen molar-refractivity contribution in [3.8, 4) is 11.5 Å². The highest BCUT2D eigenvalue weighted by Crippen LogP contribution is 2.37. The first-order valence-corrected chi connectivity index (χ1v) is 10.3. The molecule has 1 aromatic carbocycles. The minimum absolute atomic E-state index is 0.119. The quantitative estimate of drug-likeness (QED) is 0.525. The molecule has 0 unspecified atom stereocenters. The van der Waals surface area contributed by atoms with Gasteiger partial charge in [0, 0.05) is 30.3 Å².